The third-order valence-corrected chi connectivity index (χ3v) is 0.862. The Morgan fingerprint density at radius 3 is 0.812 bits per heavy atom. The monoisotopic (exact) mass is 378 g/mol. The van der Waals surface area contributed by atoms with Crippen LogP contribution in [0.15, 0.2) is 0 Å². The predicted octanol–water partition coefficient (Wildman–Crippen LogP) is -3.02. The van der Waals surface area contributed by atoms with E-state index >= 15 is 0 Å². The van der Waals surface area contributed by atoms with E-state index in [9.17, 15) is 15.3 Å². The van der Waals surface area contributed by atoms with Crippen LogP contribution in [0.3, 0.4) is 0 Å². The molecule has 100 valence electrons. The Balaban J connectivity index is -0.0000000655. The quantitative estimate of drug-likeness (QED) is 0.489. The van der Waals surface area contributed by atoms with Gasteiger partial charge in [-0.1, -0.05) is 0 Å². The predicted molar refractivity (Wildman–Crippen MR) is 50.2 cm³/mol. The van der Waals surface area contributed by atoms with E-state index in [1.54, 1.807) is 0 Å². The van der Waals surface area contributed by atoms with E-state index in [-0.39, 0.29) is 69.2 Å². The van der Waals surface area contributed by atoms with Crippen molar-refractivity contribution < 1.29 is 78.9 Å². The van der Waals surface area contributed by atoms with Gasteiger partial charge in [-0.15, -0.1) is 19.8 Å². The van der Waals surface area contributed by atoms with E-state index in [1.165, 1.54) is 21.3 Å². The summed E-state index contributed by atoms with van der Waals surface area (Å²) in [6.07, 6.45) is 0. The summed E-state index contributed by atoms with van der Waals surface area (Å²) in [5.41, 5.74) is 0. The zero-order valence-electron chi connectivity index (χ0n) is 10.1. The maximum atomic E-state index is 9.40. The van der Waals surface area contributed by atoms with E-state index < -0.39 is 0 Å². The number of hydrogen-bond acceptors (Lipinski definition) is 6. The topological polar surface area (TPSA) is 96.9 Å². The molecule has 7 heteroatoms. The van der Waals surface area contributed by atoms with Gasteiger partial charge in [-0.3, -0.25) is 0 Å². The Bertz CT molecular complexity index is 56.8. The van der Waals surface area contributed by atoms with Crippen LogP contribution in [0.25, 0.3) is 0 Å². The molecule has 0 rings (SSSR count). The Morgan fingerprint density at radius 2 is 0.812 bits per heavy atom. The summed E-state index contributed by atoms with van der Waals surface area (Å²) < 4.78 is 13.1. The summed E-state index contributed by atoms with van der Waals surface area (Å²) in [6, 6.07) is 0. The summed E-state index contributed by atoms with van der Waals surface area (Å²) in [7, 11) is 4.54. The first-order valence-corrected chi connectivity index (χ1v) is 4.46. The molecule has 0 bridgehead atoms. The second-order valence-corrected chi connectivity index (χ2v) is 2.09. The first kappa shape index (κ1) is 26.0. The van der Waals surface area contributed by atoms with Gasteiger partial charge in [0.1, 0.15) is 0 Å². The van der Waals surface area contributed by atoms with Crippen LogP contribution < -0.4 is 15.3 Å². The molecule has 0 fully saturated rings. The van der Waals surface area contributed by atoms with Gasteiger partial charge in [-0.05, 0) is 0 Å². The molecule has 0 aromatic heterocycles. The van der Waals surface area contributed by atoms with Crippen LogP contribution >= 0.6 is 0 Å². The van der Waals surface area contributed by atoms with E-state index in [1.807, 2.05) is 0 Å². The van der Waals surface area contributed by atoms with Crippen molar-refractivity contribution in [3.05, 3.63) is 0 Å². The van der Waals surface area contributed by atoms with Crippen molar-refractivity contribution in [1.82, 2.24) is 0 Å². The van der Waals surface area contributed by atoms with Gasteiger partial charge in [-0.2, -0.15) is 0 Å². The van der Waals surface area contributed by atoms with Crippen LogP contribution in [0.2, 0.25) is 0 Å². The molecule has 0 saturated carbocycles. The summed E-state index contributed by atoms with van der Waals surface area (Å²) in [4.78, 5) is 0. The minimum Gasteiger partial charge on any atom is -0.853 e. The number of ether oxygens (including phenoxy) is 3. The molecule has 0 unspecified atom stereocenters. The van der Waals surface area contributed by atoms with E-state index in [0.29, 0.717) is 19.8 Å². The molecule has 0 radical (unpaired) electrons. The average molecular weight is 377 g/mol. The maximum Gasteiger partial charge on any atom is 3.00 e. The first-order chi connectivity index (χ1) is 7.24. The third kappa shape index (κ3) is 58.5. The van der Waals surface area contributed by atoms with Crippen LogP contribution in [0, 0.1) is 49.4 Å². The Hall–Kier alpha value is 1.34. The van der Waals surface area contributed by atoms with Crippen LogP contribution in [0.4, 0.5) is 0 Å². The summed E-state index contributed by atoms with van der Waals surface area (Å²) in [5, 5.41) is 28.2. The fourth-order valence-corrected chi connectivity index (χ4v) is 0.250. The SMILES string of the molecule is COCC[O-].COCC[O-].COCC[O-].[Eu+3]. The Morgan fingerprint density at radius 1 is 0.625 bits per heavy atom. The fraction of sp³-hybridized carbons (Fsp3) is 1.00. The average Bonchev–Trinajstić information content (AvgIpc) is 2.23. The van der Waals surface area contributed by atoms with Crippen molar-refractivity contribution in [2.24, 2.45) is 0 Å². The molecule has 0 aliphatic heterocycles. The van der Waals surface area contributed by atoms with Gasteiger partial charge >= 0.3 is 49.4 Å². The fourth-order valence-electron chi connectivity index (χ4n) is 0.250. The van der Waals surface area contributed by atoms with Gasteiger partial charge < -0.3 is 29.5 Å². The molecular weight excluding hydrogens is 356 g/mol. The van der Waals surface area contributed by atoms with Crippen molar-refractivity contribution in [1.29, 1.82) is 0 Å². The molecule has 0 atom stereocenters. The van der Waals surface area contributed by atoms with Crippen molar-refractivity contribution in [2.45, 2.75) is 0 Å². The third-order valence-electron chi connectivity index (χ3n) is 0.862. The molecule has 16 heavy (non-hydrogen) atoms. The second-order valence-electron chi connectivity index (χ2n) is 2.09. The molecule has 6 nitrogen and oxygen atoms in total. The van der Waals surface area contributed by atoms with Crippen molar-refractivity contribution >= 4 is 0 Å². The van der Waals surface area contributed by atoms with E-state index in [0.717, 1.165) is 0 Å². The molecule has 0 amide bonds. The minimum atomic E-state index is -0.128. The number of methoxy groups -OCH3 is 3. The van der Waals surface area contributed by atoms with Crippen molar-refractivity contribution in [3.8, 4) is 0 Å². The molecule has 0 aliphatic carbocycles. The zero-order chi connectivity index (χ0) is 12.4. The van der Waals surface area contributed by atoms with Gasteiger partial charge in [0.15, 0.2) is 0 Å². The standard InChI is InChI=1S/3C3H7O2.Eu/c3*1-5-3-2-4;/h3*2-3H2,1H3;/q3*-1;+3. The van der Waals surface area contributed by atoms with Crippen molar-refractivity contribution in [3.63, 3.8) is 0 Å². The van der Waals surface area contributed by atoms with Gasteiger partial charge in [0.25, 0.3) is 0 Å². The van der Waals surface area contributed by atoms with Crippen LogP contribution in [-0.4, -0.2) is 61.0 Å². The molecule has 0 heterocycles. The van der Waals surface area contributed by atoms with E-state index in [2.05, 4.69) is 14.2 Å². The van der Waals surface area contributed by atoms with Crippen LogP contribution in [0.5, 0.6) is 0 Å². The molecule has 0 aromatic rings. The largest absolute Gasteiger partial charge is 3.00 e. The molecule has 0 aromatic carbocycles. The summed E-state index contributed by atoms with van der Waals surface area (Å²) in [5.74, 6) is 0. The van der Waals surface area contributed by atoms with Crippen molar-refractivity contribution in [2.75, 3.05) is 61.0 Å². The van der Waals surface area contributed by atoms with Crippen LogP contribution in [-0.2, 0) is 14.2 Å². The molecule has 0 N–H and O–H groups in total. The minimum absolute atomic E-state index is 0. The van der Waals surface area contributed by atoms with Gasteiger partial charge in [-0.25, -0.2) is 0 Å². The second kappa shape index (κ2) is 36.0. The molecule has 0 spiro atoms. The maximum absolute atomic E-state index is 9.40. The smallest absolute Gasteiger partial charge is 0.853 e. The van der Waals surface area contributed by atoms with E-state index in [4.69, 9.17) is 0 Å². The Labute approximate surface area is 138 Å². The normalized spacial score (nSPS) is 7.88. The molecular formula is C9H21EuO6. The summed E-state index contributed by atoms with van der Waals surface area (Å²) in [6.45, 7) is 0.615. The zero-order valence-corrected chi connectivity index (χ0v) is 12.5. The summed E-state index contributed by atoms with van der Waals surface area (Å²) >= 11 is 0. The number of rotatable bonds is 6. The number of hydrogen-bond donors (Lipinski definition) is 0. The molecule has 0 aliphatic rings. The first-order valence-electron chi connectivity index (χ1n) is 4.46. The Kier molecular flexibility index (Phi) is 58.5. The molecule has 0 saturated heterocycles. The van der Waals surface area contributed by atoms with Gasteiger partial charge in [0.05, 0.1) is 0 Å². The van der Waals surface area contributed by atoms with Gasteiger partial charge in [0, 0.05) is 41.2 Å². The van der Waals surface area contributed by atoms with Gasteiger partial charge in [0.2, 0.25) is 0 Å². The van der Waals surface area contributed by atoms with Crippen LogP contribution in [0.1, 0.15) is 0 Å².